The Morgan fingerprint density at radius 1 is 1.27 bits per heavy atom. The lowest BCUT2D eigenvalue weighted by Crippen LogP contribution is -2.34. The Labute approximate surface area is 191 Å². The fourth-order valence-electron chi connectivity index (χ4n) is 4.10. The molecule has 9 heteroatoms. The number of amides is 1. The van der Waals surface area contributed by atoms with Crippen LogP contribution in [-0.4, -0.2) is 52.6 Å². The van der Waals surface area contributed by atoms with E-state index in [1.54, 1.807) is 31.6 Å². The van der Waals surface area contributed by atoms with Crippen LogP contribution in [-0.2, 0) is 11.3 Å². The van der Waals surface area contributed by atoms with E-state index in [1.807, 2.05) is 24.3 Å². The van der Waals surface area contributed by atoms with Crippen molar-refractivity contribution in [1.29, 1.82) is 0 Å². The van der Waals surface area contributed by atoms with Crippen LogP contribution in [0.3, 0.4) is 0 Å². The number of primary amides is 1. The van der Waals surface area contributed by atoms with Crippen LogP contribution in [0, 0.1) is 0 Å². The lowest BCUT2D eigenvalue weighted by atomic mass is 9.94. The Bertz CT molecular complexity index is 1170. The Kier molecular flexibility index (Phi) is 6.99. The topological polar surface area (TPSA) is 123 Å². The number of pyridine rings is 1. The Morgan fingerprint density at radius 3 is 2.91 bits per heavy atom. The zero-order valence-electron chi connectivity index (χ0n) is 18.5. The van der Waals surface area contributed by atoms with Gasteiger partial charge in [-0.05, 0) is 49.2 Å². The Balaban J connectivity index is 1.48. The lowest BCUT2D eigenvalue weighted by molar-refractivity contribution is -0.119. The van der Waals surface area contributed by atoms with Crippen molar-refractivity contribution in [3.05, 3.63) is 70.4 Å². The van der Waals surface area contributed by atoms with Crippen molar-refractivity contribution in [2.24, 2.45) is 5.73 Å². The number of carbonyl (C=O) groups excluding carboxylic acids is 1. The van der Waals surface area contributed by atoms with Crippen LogP contribution in [0.5, 0.6) is 11.5 Å². The lowest BCUT2D eigenvalue weighted by Gasteiger charge is -2.32. The number of benzene rings is 1. The van der Waals surface area contributed by atoms with Crippen molar-refractivity contribution in [1.82, 2.24) is 19.9 Å². The third-order valence-electron chi connectivity index (χ3n) is 5.62. The Hall–Kier alpha value is -3.72. The molecule has 33 heavy (non-hydrogen) atoms. The summed E-state index contributed by atoms with van der Waals surface area (Å²) in [5, 5.41) is 0. The number of hydrogen-bond acceptors (Lipinski definition) is 7. The highest BCUT2D eigenvalue weighted by Gasteiger charge is 2.24. The summed E-state index contributed by atoms with van der Waals surface area (Å²) in [5.74, 6) is 1.20. The molecule has 0 saturated carbocycles. The average molecular weight is 450 g/mol. The molecule has 9 nitrogen and oxygen atoms in total. The van der Waals surface area contributed by atoms with Gasteiger partial charge in [0.2, 0.25) is 0 Å². The smallest absolute Gasteiger partial charge is 0.255 e. The highest BCUT2D eigenvalue weighted by atomic mass is 16.5. The molecule has 0 aliphatic carbocycles. The molecule has 0 bridgehead atoms. The fraction of sp³-hybridized carbons (Fsp3) is 0.333. The van der Waals surface area contributed by atoms with Crippen LogP contribution in [0.25, 0.3) is 11.4 Å². The third-order valence-corrected chi connectivity index (χ3v) is 5.62. The zero-order chi connectivity index (χ0) is 23.2. The predicted octanol–water partition coefficient (Wildman–Crippen LogP) is 2.08. The van der Waals surface area contributed by atoms with Crippen molar-refractivity contribution in [3.8, 4) is 22.9 Å². The highest BCUT2D eigenvalue weighted by Crippen LogP contribution is 2.31. The molecule has 3 heterocycles. The molecule has 3 aromatic rings. The molecule has 1 aliphatic rings. The average Bonchev–Trinajstić information content (AvgIpc) is 2.83. The molecule has 0 unspecified atom stereocenters. The molecule has 1 aliphatic heterocycles. The highest BCUT2D eigenvalue weighted by molar-refractivity contribution is 5.75. The molecule has 4 rings (SSSR count). The summed E-state index contributed by atoms with van der Waals surface area (Å²) in [4.78, 5) is 37.3. The van der Waals surface area contributed by atoms with Crippen molar-refractivity contribution in [2.75, 3.05) is 26.8 Å². The van der Waals surface area contributed by atoms with E-state index < -0.39 is 5.91 Å². The molecule has 1 fully saturated rings. The molecular weight excluding hydrogens is 422 g/mol. The molecule has 0 spiro atoms. The van der Waals surface area contributed by atoms with Gasteiger partial charge in [0.25, 0.3) is 11.5 Å². The number of likely N-dealkylation sites (tertiary alicyclic amines) is 1. The number of nitrogens with zero attached hydrogens (tertiary/aromatic N) is 3. The van der Waals surface area contributed by atoms with Gasteiger partial charge in [0.05, 0.1) is 12.8 Å². The van der Waals surface area contributed by atoms with Crippen LogP contribution >= 0.6 is 0 Å². The van der Waals surface area contributed by atoms with E-state index >= 15 is 0 Å². The summed E-state index contributed by atoms with van der Waals surface area (Å²) in [6.07, 6.45) is 5.37. The number of hydrogen-bond donors (Lipinski definition) is 2. The van der Waals surface area contributed by atoms with Crippen LogP contribution in [0.4, 0.5) is 0 Å². The number of aromatic amines is 1. The van der Waals surface area contributed by atoms with Gasteiger partial charge in [-0.2, -0.15) is 0 Å². The van der Waals surface area contributed by atoms with Gasteiger partial charge in [0.15, 0.2) is 18.1 Å². The van der Waals surface area contributed by atoms with E-state index in [0.29, 0.717) is 17.3 Å². The first kappa shape index (κ1) is 22.5. The third kappa shape index (κ3) is 5.75. The second-order valence-electron chi connectivity index (χ2n) is 8.08. The molecular formula is C24H27N5O4. The minimum atomic E-state index is -0.541. The number of piperidine rings is 1. The first-order valence-corrected chi connectivity index (χ1v) is 10.8. The fourth-order valence-corrected chi connectivity index (χ4v) is 4.10. The minimum absolute atomic E-state index is 0.160. The standard InChI is InChI=1S/C24H27N5O4/c1-32-21-10-16(6-7-20(21)33-15-22(25)30)13-29-9-3-5-18(14-29)19-11-23(31)28-24(27-19)17-4-2-8-26-12-17/h2,4,6-8,10-12,18H,3,5,9,13-15H2,1H3,(H2,25,30)(H,27,28,31)/t18-/m0/s1. The maximum Gasteiger partial charge on any atom is 0.255 e. The van der Waals surface area contributed by atoms with Crippen molar-refractivity contribution >= 4 is 5.91 Å². The number of carbonyl (C=O) groups is 1. The van der Waals surface area contributed by atoms with Gasteiger partial charge < -0.3 is 20.2 Å². The van der Waals surface area contributed by atoms with E-state index in [2.05, 4.69) is 14.9 Å². The van der Waals surface area contributed by atoms with Crippen LogP contribution < -0.4 is 20.8 Å². The van der Waals surface area contributed by atoms with Gasteiger partial charge in [-0.25, -0.2) is 4.98 Å². The van der Waals surface area contributed by atoms with Crippen molar-refractivity contribution < 1.29 is 14.3 Å². The van der Waals surface area contributed by atoms with E-state index in [1.165, 1.54) is 0 Å². The van der Waals surface area contributed by atoms with E-state index in [4.69, 9.17) is 20.2 Å². The molecule has 172 valence electrons. The summed E-state index contributed by atoms with van der Waals surface area (Å²) in [6.45, 7) is 2.28. The molecule has 1 saturated heterocycles. The summed E-state index contributed by atoms with van der Waals surface area (Å²) in [7, 11) is 1.56. The number of nitrogens with two attached hydrogens (primary N) is 1. The van der Waals surface area contributed by atoms with Crippen molar-refractivity contribution in [3.63, 3.8) is 0 Å². The number of nitrogens with one attached hydrogen (secondary N) is 1. The van der Waals surface area contributed by atoms with Gasteiger partial charge in [-0.1, -0.05) is 6.07 Å². The normalized spacial score (nSPS) is 16.3. The number of ether oxygens (including phenoxy) is 2. The number of rotatable bonds is 8. The first-order chi connectivity index (χ1) is 16.0. The number of methoxy groups -OCH3 is 1. The summed E-state index contributed by atoms with van der Waals surface area (Å²) in [6, 6.07) is 11.0. The zero-order valence-corrected chi connectivity index (χ0v) is 18.5. The molecule has 0 radical (unpaired) electrons. The van der Waals surface area contributed by atoms with Crippen molar-refractivity contribution in [2.45, 2.75) is 25.3 Å². The van der Waals surface area contributed by atoms with E-state index in [-0.39, 0.29) is 18.1 Å². The molecule has 1 atom stereocenters. The second kappa shape index (κ2) is 10.3. The van der Waals surface area contributed by atoms with E-state index in [0.717, 1.165) is 49.3 Å². The monoisotopic (exact) mass is 449 g/mol. The largest absolute Gasteiger partial charge is 0.493 e. The van der Waals surface area contributed by atoms with Gasteiger partial charge in [-0.15, -0.1) is 0 Å². The predicted molar refractivity (Wildman–Crippen MR) is 123 cm³/mol. The first-order valence-electron chi connectivity index (χ1n) is 10.8. The quantitative estimate of drug-likeness (QED) is 0.540. The maximum atomic E-state index is 12.3. The molecule has 1 aromatic carbocycles. The number of aromatic nitrogens is 3. The molecule has 2 aromatic heterocycles. The van der Waals surface area contributed by atoms with Gasteiger partial charge in [-0.3, -0.25) is 19.5 Å². The summed E-state index contributed by atoms with van der Waals surface area (Å²) in [5.41, 5.74) is 7.65. The van der Waals surface area contributed by atoms with Crippen LogP contribution in [0.15, 0.2) is 53.6 Å². The Morgan fingerprint density at radius 2 is 2.15 bits per heavy atom. The number of H-pyrrole nitrogens is 1. The van der Waals surface area contributed by atoms with Gasteiger partial charge >= 0.3 is 0 Å². The van der Waals surface area contributed by atoms with Gasteiger partial charge in [0.1, 0.15) is 5.82 Å². The van der Waals surface area contributed by atoms with Crippen LogP contribution in [0.1, 0.15) is 30.0 Å². The second-order valence-corrected chi connectivity index (χ2v) is 8.08. The van der Waals surface area contributed by atoms with Gasteiger partial charge in [0, 0.05) is 43.0 Å². The minimum Gasteiger partial charge on any atom is -0.493 e. The van der Waals surface area contributed by atoms with Crippen LogP contribution in [0.2, 0.25) is 0 Å². The molecule has 3 N–H and O–H groups in total. The SMILES string of the molecule is COc1cc(CN2CCC[C@H](c3cc(=O)[nH]c(-c4cccnc4)n3)C2)ccc1OCC(N)=O. The molecule has 1 amide bonds. The van der Waals surface area contributed by atoms with E-state index in [9.17, 15) is 9.59 Å². The maximum absolute atomic E-state index is 12.3. The summed E-state index contributed by atoms with van der Waals surface area (Å²) >= 11 is 0. The summed E-state index contributed by atoms with van der Waals surface area (Å²) < 4.78 is 10.8.